The molecule has 4 nitrogen and oxygen atoms in total. The summed E-state index contributed by atoms with van der Waals surface area (Å²) in [6, 6.07) is 7.43. The number of ether oxygens (including phenoxy) is 2. The monoisotopic (exact) mass is 249 g/mol. The first-order chi connectivity index (χ1) is 8.81. The van der Waals surface area contributed by atoms with Crippen molar-refractivity contribution in [2.24, 2.45) is 0 Å². The van der Waals surface area contributed by atoms with Crippen LogP contribution in [0.3, 0.4) is 0 Å². The smallest absolute Gasteiger partial charge is 0.180 e. The zero-order valence-electron chi connectivity index (χ0n) is 10.7. The van der Waals surface area contributed by atoms with Gasteiger partial charge in [-0.25, -0.2) is 0 Å². The van der Waals surface area contributed by atoms with Crippen molar-refractivity contribution in [3.63, 3.8) is 0 Å². The van der Waals surface area contributed by atoms with E-state index in [0.717, 1.165) is 13.1 Å². The Balaban J connectivity index is 2.03. The SMILES string of the molecule is CCOc1ccccc1C(=O)CN1CCOCC1. The Hall–Kier alpha value is -1.39. The van der Waals surface area contributed by atoms with E-state index in [1.807, 2.05) is 31.2 Å². The number of morpholine rings is 1. The highest BCUT2D eigenvalue weighted by molar-refractivity contribution is 6.00. The van der Waals surface area contributed by atoms with E-state index in [0.29, 0.717) is 37.7 Å². The topological polar surface area (TPSA) is 38.8 Å². The number of carbonyl (C=O) groups is 1. The van der Waals surface area contributed by atoms with Gasteiger partial charge in [0, 0.05) is 13.1 Å². The molecule has 0 aromatic heterocycles. The number of hydrogen-bond acceptors (Lipinski definition) is 4. The van der Waals surface area contributed by atoms with Crippen LogP contribution in [0.4, 0.5) is 0 Å². The molecule has 0 N–H and O–H groups in total. The molecule has 1 aromatic rings. The molecule has 4 heteroatoms. The van der Waals surface area contributed by atoms with Gasteiger partial charge >= 0.3 is 0 Å². The summed E-state index contributed by atoms with van der Waals surface area (Å²) in [5.41, 5.74) is 0.672. The molecule has 1 aliphatic rings. The lowest BCUT2D eigenvalue weighted by atomic mass is 10.1. The number of ketones is 1. The van der Waals surface area contributed by atoms with Crippen molar-refractivity contribution < 1.29 is 14.3 Å². The summed E-state index contributed by atoms with van der Waals surface area (Å²) < 4.78 is 10.8. The summed E-state index contributed by atoms with van der Waals surface area (Å²) in [5.74, 6) is 0.791. The van der Waals surface area contributed by atoms with Gasteiger partial charge in [-0.3, -0.25) is 9.69 Å². The summed E-state index contributed by atoms with van der Waals surface area (Å²) in [6.07, 6.45) is 0. The van der Waals surface area contributed by atoms with Crippen molar-refractivity contribution in [2.45, 2.75) is 6.92 Å². The van der Waals surface area contributed by atoms with Crippen molar-refractivity contribution in [3.05, 3.63) is 29.8 Å². The van der Waals surface area contributed by atoms with Gasteiger partial charge < -0.3 is 9.47 Å². The van der Waals surface area contributed by atoms with Gasteiger partial charge in [-0.05, 0) is 19.1 Å². The second-order valence-corrected chi connectivity index (χ2v) is 4.24. The maximum Gasteiger partial charge on any atom is 0.180 e. The van der Waals surface area contributed by atoms with Gasteiger partial charge in [-0.15, -0.1) is 0 Å². The number of Topliss-reactive ketones (excluding diaryl/α,β-unsaturated/α-hetero) is 1. The summed E-state index contributed by atoms with van der Waals surface area (Å²) in [4.78, 5) is 14.4. The Morgan fingerprint density at radius 1 is 1.33 bits per heavy atom. The van der Waals surface area contributed by atoms with Crippen molar-refractivity contribution in [1.29, 1.82) is 0 Å². The maximum absolute atomic E-state index is 12.2. The minimum absolute atomic E-state index is 0.112. The molecule has 1 aromatic carbocycles. The van der Waals surface area contributed by atoms with E-state index in [-0.39, 0.29) is 5.78 Å². The van der Waals surface area contributed by atoms with Crippen LogP contribution in [0.25, 0.3) is 0 Å². The first kappa shape index (κ1) is 13.1. The average Bonchev–Trinajstić information content (AvgIpc) is 2.41. The van der Waals surface area contributed by atoms with E-state index >= 15 is 0 Å². The molecule has 1 aliphatic heterocycles. The van der Waals surface area contributed by atoms with Crippen LogP contribution in [0.5, 0.6) is 5.75 Å². The first-order valence-electron chi connectivity index (χ1n) is 6.36. The Kier molecular flexibility index (Phi) is 4.73. The highest BCUT2D eigenvalue weighted by atomic mass is 16.5. The highest BCUT2D eigenvalue weighted by Gasteiger charge is 2.17. The number of rotatable bonds is 5. The van der Waals surface area contributed by atoms with E-state index in [4.69, 9.17) is 9.47 Å². The van der Waals surface area contributed by atoms with Gasteiger partial charge in [-0.2, -0.15) is 0 Å². The van der Waals surface area contributed by atoms with Gasteiger partial charge in [0.15, 0.2) is 5.78 Å². The van der Waals surface area contributed by atoms with Crippen LogP contribution >= 0.6 is 0 Å². The molecule has 0 aliphatic carbocycles. The standard InChI is InChI=1S/C14H19NO3/c1-2-18-14-6-4-3-5-12(14)13(16)11-15-7-9-17-10-8-15/h3-6H,2,7-11H2,1H3. The van der Waals surface area contributed by atoms with Crippen molar-refractivity contribution >= 4 is 5.78 Å². The third-order valence-corrected chi connectivity index (χ3v) is 2.96. The van der Waals surface area contributed by atoms with Crippen molar-refractivity contribution in [1.82, 2.24) is 4.90 Å². The van der Waals surface area contributed by atoms with Gasteiger partial charge in [0.1, 0.15) is 5.75 Å². The summed E-state index contributed by atoms with van der Waals surface area (Å²) in [5, 5.41) is 0. The lowest BCUT2D eigenvalue weighted by Gasteiger charge is -2.26. The molecular formula is C14H19NO3. The Labute approximate surface area is 107 Å². The lowest BCUT2D eigenvalue weighted by Crippen LogP contribution is -2.39. The Bertz CT molecular complexity index is 400. The van der Waals surface area contributed by atoms with Crippen LogP contribution in [0.1, 0.15) is 17.3 Å². The minimum atomic E-state index is 0.112. The molecule has 0 radical (unpaired) electrons. The number of hydrogen-bond donors (Lipinski definition) is 0. The number of para-hydroxylation sites is 1. The van der Waals surface area contributed by atoms with E-state index < -0.39 is 0 Å². The molecule has 0 spiro atoms. The molecule has 0 saturated carbocycles. The second kappa shape index (κ2) is 6.52. The molecular weight excluding hydrogens is 230 g/mol. The molecule has 0 unspecified atom stereocenters. The summed E-state index contributed by atoms with van der Waals surface area (Å²) in [6.45, 7) is 5.99. The Morgan fingerprint density at radius 2 is 2.06 bits per heavy atom. The van der Waals surface area contributed by atoms with Crippen LogP contribution < -0.4 is 4.74 Å². The van der Waals surface area contributed by atoms with Crippen LogP contribution in [-0.4, -0.2) is 50.1 Å². The number of carbonyl (C=O) groups excluding carboxylic acids is 1. The fraction of sp³-hybridized carbons (Fsp3) is 0.500. The van der Waals surface area contributed by atoms with Crippen molar-refractivity contribution in [3.8, 4) is 5.75 Å². The van der Waals surface area contributed by atoms with Gasteiger partial charge in [0.25, 0.3) is 0 Å². The summed E-state index contributed by atoms with van der Waals surface area (Å²) >= 11 is 0. The van der Waals surface area contributed by atoms with Crippen LogP contribution in [0.2, 0.25) is 0 Å². The quantitative estimate of drug-likeness (QED) is 0.743. The predicted octanol–water partition coefficient (Wildman–Crippen LogP) is 1.60. The fourth-order valence-corrected chi connectivity index (χ4v) is 2.03. The van der Waals surface area contributed by atoms with E-state index in [2.05, 4.69) is 4.90 Å². The predicted molar refractivity (Wildman–Crippen MR) is 69.2 cm³/mol. The highest BCUT2D eigenvalue weighted by Crippen LogP contribution is 2.19. The number of nitrogens with zero attached hydrogens (tertiary/aromatic N) is 1. The zero-order chi connectivity index (χ0) is 12.8. The largest absolute Gasteiger partial charge is 0.493 e. The molecule has 1 saturated heterocycles. The molecule has 1 fully saturated rings. The molecule has 0 atom stereocenters. The second-order valence-electron chi connectivity index (χ2n) is 4.24. The molecule has 18 heavy (non-hydrogen) atoms. The van der Waals surface area contributed by atoms with Gasteiger partial charge in [0.2, 0.25) is 0 Å². The number of benzene rings is 1. The first-order valence-corrected chi connectivity index (χ1v) is 6.36. The van der Waals surface area contributed by atoms with E-state index in [1.54, 1.807) is 0 Å². The third-order valence-electron chi connectivity index (χ3n) is 2.96. The van der Waals surface area contributed by atoms with Gasteiger partial charge in [0.05, 0.1) is 31.9 Å². The fourth-order valence-electron chi connectivity index (χ4n) is 2.03. The lowest BCUT2D eigenvalue weighted by molar-refractivity contribution is 0.0370. The van der Waals surface area contributed by atoms with Crippen LogP contribution in [0, 0.1) is 0 Å². The third kappa shape index (κ3) is 3.31. The molecule has 0 amide bonds. The average molecular weight is 249 g/mol. The van der Waals surface area contributed by atoms with E-state index in [1.165, 1.54) is 0 Å². The molecule has 1 heterocycles. The van der Waals surface area contributed by atoms with Crippen LogP contribution in [0.15, 0.2) is 24.3 Å². The maximum atomic E-state index is 12.2. The molecule has 98 valence electrons. The molecule has 2 rings (SSSR count). The molecule has 0 bridgehead atoms. The zero-order valence-corrected chi connectivity index (χ0v) is 10.7. The van der Waals surface area contributed by atoms with Crippen molar-refractivity contribution in [2.75, 3.05) is 39.5 Å². The van der Waals surface area contributed by atoms with E-state index in [9.17, 15) is 4.79 Å². The van der Waals surface area contributed by atoms with Gasteiger partial charge in [-0.1, -0.05) is 12.1 Å². The minimum Gasteiger partial charge on any atom is -0.493 e. The normalized spacial score (nSPS) is 16.5. The summed E-state index contributed by atoms with van der Waals surface area (Å²) in [7, 11) is 0. The Morgan fingerprint density at radius 3 is 2.78 bits per heavy atom. The van der Waals surface area contributed by atoms with Crippen LogP contribution in [-0.2, 0) is 4.74 Å².